The van der Waals surface area contributed by atoms with Crippen LogP contribution in [0.25, 0.3) is 0 Å². The Kier molecular flexibility index (Phi) is 5.02. The molecule has 1 saturated carbocycles. The van der Waals surface area contributed by atoms with Crippen molar-refractivity contribution in [2.45, 2.75) is 63.5 Å². The molecule has 1 aromatic rings. The molecule has 1 aliphatic carbocycles. The molecule has 2 fully saturated rings. The van der Waals surface area contributed by atoms with E-state index in [-0.39, 0.29) is 23.5 Å². The number of hydrogen-bond donors (Lipinski definition) is 2. The van der Waals surface area contributed by atoms with Crippen molar-refractivity contribution >= 4 is 12.0 Å². The molecular weight excluding hydrogens is 316 g/mol. The fourth-order valence-electron chi connectivity index (χ4n) is 4.45. The molecule has 2 N–H and O–H groups in total. The van der Waals surface area contributed by atoms with Crippen LogP contribution in [0.4, 0.5) is 4.79 Å². The zero-order valence-electron chi connectivity index (χ0n) is 15.1. The van der Waals surface area contributed by atoms with Gasteiger partial charge in [0.15, 0.2) is 0 Å². The predicted octanol–water partition coefficient (Wildman–Crippen LogP) is 3.61. The van der Waals surface area contributed by atoms with Crippen LogP contribution in [0.1, 0.15) is 57.4 Å². The lowest BCUT2D eigenvalue weighted by molar-refractivity contribution is -0.142. The van der Waals surface area contributed by atoms with Crippen LogP contribution in [-0.2, 0) is 4.79 Å². The molecule has 25 heavy (non-hydrogen) atoms. The largest absolute Gasteiger partial charge is 0.481 e. The average Bonchev–Trinajstić information content (AvgIpc) is 2.91. The molecule has 1 aliphatic heterocycles. The Hall–Kier alpha value is -2.04. The van der Waals surface area contributed by atoms with Gasteiger partial charge in [0.25, 0.3) is 0 Å². The van der Waals surface area contributed by atoms with E-state index in [1.165, 1.54) is 5.56 Å². The highest BCUT2D eigenvalue weighted by Gasteiger charge is 2.44. The summed E-state index contributed by atoms with van der Waals surface area (Å²) >= 11 is 0. The van der Waals surface area contributed by atoms with Crippen LogP contribution in [0.2, 0.25) is 0 Å². The number of rotatable bonds is 3. The van der Waals surface area contributed by atoms with Gasteiger partial charge in [-0.3, -0.25) is 4.79 Å². The smallest absolute Gasteiger partial charge is 0.318 e. The number of likely N-dealkylation sites (tertiary alicyclic amines) is 1. The summed E-state index contributed by atoms with van der Waals surface area (Å²) in [5, 5.41) is 12.2. The number of carboxylic acid groups (broad SMARTS) is 1. The second kappa shape index (κ2) is 7.06. The number of urea groups is 1. The number of benzene rings is 1. The minimum Gasteiger partial charge on any atom is -0.481 e. The van der Waals surface area contributed by atoms with Crippen molar-refractivity contribution in [1.29, 1.82) is 0 Å². The van der Waals surface area contributed by atoms with Crippen LogP contribution in [-0.4, -0.2) is 40.1 Å². The highest BCUT2D eigenvalue weighted by Crippen LogP contribution is 2.41. The third kappa shape index (κ3) is 3.65. The molecule has 2 amide bonds. The average molecular weight is 344 g/mol. The van der Waals surface area contributed by atoms with Gasteiger partial charge in [-0.05, 0) is 51.5 Å². The predicted molar refractivity (Wildman–Crippen MR) is 96.5 cm³/mol. The summed E-state index contributed by atoms with van der Waals surface area (Å²) in [6.07, 6.45) is 3.76. The van der Waals surface area contributed by atoms with E-state index in [0.29, 0.717) is 18.8 Å². The maximum absolute atomic E-state index is 12.8. The van der Waals surface area contributed by atoms with E-state index >= 15 is 0 Å². The van der Waals surface area contributed by atoms with Gasteiger partial charge in [-0.15, -0.1) is 0 Å². The van der Waals surface area contributed by atoms with Crippen molar-refractivity contribution in [2.24, 2.45) is 5.92 Å². The summed E-state index contributed by atoms with van der Waals surface area (Å²) in [7, 11) is 0. The van der Waals surface area contributed by atoms with Gasteiger partial charge in [-0.1, -0.05) is 30.3 Å². The maximum atomic E-state index is 12.8. The lowest BCUT2D eigenvalue weighted by Crippen LogP contribution is -2.52. The van der Waals surface area contributed by atoms with Crippen molar-refractivity contribution in [2.75, 3.05) is 6.54 Å². The first-order chi connectivity index (χ1) is 11.9. The first-order valence-electron chi connectivity index (χ1n) is 9.25. The van der Waals surface area contributed by atoms with Crippen molar-refractivity contribution in [3.63, 3.8) is 0 Å². The number of aliphatic carboxylic acids is 1. The van der Waals surface area contributed by atoms with Gasteiger partial charge in [0.2, 0.25) is 0 Å². The Morgan fingerprint density at radius 2 is 1.72 bits per heavy atom. The molecule has 1 unspecified atom stereocenters. The lowest BCUT2D eigenvalue weighted by atomic mass is 9.83. The maximum Gasteiger partial charge on any atom is 0.318 e. The van der Waals surface area contributed by atoms with Crippen LogP contribution in [0.5, 0.6) is 0 Å². The second-order valence-electron chi connectivity index (χ2n) is 7.89. The van der Waals surface area contributed by atoms with E-state index in [2.05, 4.69) is 43.4 Å². The summed E-state index contributed by atoms with van der Waals surface area (Å²) in [5.41, 5.74) is 1.05. The molecule has 1 saturated heterocycles. The van der Waals surface area contributed by atoms with Gasteiger partial charge in [0.1, 0.15) is 0 Å². The van der Waals surface area contributed by atoms with E-state index in [9.17, 15) is 9.59 Å². The quantitative estimate of drug-likeness (QED) is 0.880. The summed E-state index contributed by atoms with van der Waals surface area (Å²) < 4.78 is 0. The Morgan fingerprint density at radius 1 is 1.08 bits per heavy atom. The SMILES string of the molecule is CC1(C)C(c2ccccc2)CCN1C(=O)NC1CCC(C(=O)O)CC1. The highest BCUT2D eigenvalue weighted by atomic mass is 16.4. The van der Waals surface area contributed by atoms with Crippen molar-refractivity contribution in [3.05, 3.63) is 35.9 Å². The first-order valence-corrected chi connectivity index (χ1v) is 9.25. The zero-order chi connectivity index (χ0) is 18.0. The molecule has 1 aromatic carbocycles. The standard InChI is InChI=1S/C20H28N2O3/c1-20(2)17(14-6-4-3-5-7-14)12-13-22(20)19(25)21-16-10-8-15(9-11-16)18(23)24/h3-7,15-17H,8-13H2,1-2H3,(H,21,25)(H,23,24). The molecule has 3 rings (SSSR count). The molecule has 5 heteroatoms. The van der Waals surface area contributed by atoms with Gasteiger partial charge >= 0.3 is 12.0 Å². The fraction of sp³-hybridized carbons (Fsp3) is 0.600. The number of carbonyl (C=O) groups excluding carboxylic acids is 1. The van der Waals surface area contributed by atoms with E-state index in [1.54, 1.807) is 0 Å². The molecule has 0 bridgehead atoms. The second-order valence-corrected chi connectivity index (χ2v) is 7.89. The fourth-order valence-corrected chi connectivity index (χ4v) is 4.45. The highest BCUT2D eigenvalue weighted by molar-refractivity contribution is 5.76. The number of carbonyl (C=O) groups is 2. The molecule has 1 atom stereocenters. The Balaban J connectivity index is 1.61. The Labute approximate surface area is 149 Å². The molecule has 1 heterocycles. The first kappa shape index (κ1) is 17.8. The Morgan fingerprint density at radius 3 is 2.32 bits per heavy atom. The van der Waals surface area contributed by atoms with Gasteiger partial charge < -0.3 is 15.3 Å². The third-order valence-corrected chi connectivity index (χ3v) is 6.04. The monoisotopic (exact) mass is 344 g/mol. The summed E-state index contributed by atoms with van der Waals surface area (Å²) in [4.78, 5) is 25.8. The van der Waals surface area contributed by atoms with Gasteiger partial charge in [0, 0.05) is 24.0 Å². The minimum absolute atomic E-state index is 0.0118. The van der Waals surface area contributed by atoms with Crippen molar-refractivity contribution in [3.8, 4) is 0 Å². The van der Waals surface area contributed by atoms with Gasteiger partial charge in [-0.2, -0.15) is 0 Å². The number of nitrogens with one attached hydrogen (secondary N) is 1. The topological polar surface area (TPSA) is 69.6 Å². The lowest BCUT2D eigenvalue weighted by Gasteiger charge is -2.38. The summed E-state index contributed by atoms with van der Waals surface area (Å²) in [6.45, 7) is 5.03. The van der Waals surface area contributed by atoms with E-state index < -0.39 is 5.97 Å². The summed E-state index contributed by atoms with van der Waals surface area (Å²) in [5.74, 6) is -0.628. The van der Waals surface area contributed by atoms with Crippen LogP contribution >= 0.6 is 0 Å². The molecule has 0 radical (unpaired) electrons. The minimum atomic E-state index is -0.712. The van der Waals surface area contributed by atoms with Crippen molar-refractivity contribution < 1.29 is 14.7 Å². The number of amides is 2. The van der Waals surface area contributed by atoms with Gasteiger partial charge in [0.05, 0.1) is 5.92 Å². The molecule has 2 aliphatic rings. The third-order valence-electron chi connectivity index (χ3n) is 6.04. The van der Waals surface area contributed by atoms with E-state index in [4.69, 9.17) is 5.11 Å². The van der Waals surface area contributed by atoms with Crippen molar-refractivity contribution in [1.82, 2.24) is 10.2 Å². The van der Waals surface area contributed by atoms with Crippen LogP contribution in [0, 0.1) is 5.92 Å². The Bertz CT molecular complexity index is 621. The molecule has 5 nitrogen and oxygen atoms in total. The normalized spacial score (nSPS) is 28.6. The van der Waals surface area contributed by atoms with Crippen LogP contribution < -0.4 is 5.32 Å². The molecule has 136 valence electrons. The molecule has 0 aromatic heterocycles. The van der Waals surface area contributed by atoms with Gasteiger partial charge in [-0.25, -0.2) is 4.79 Å². The zero-order valence-corrected chi connectivity index (χ0v) is 15.1. The van der Waals surface area contributed by atoms with Crippen LogP contribution in [0.3, 0.4) is 0 Å². The molecular formula is C20H28N2O3. The molecule has 0 spiro atoms. The van der Waals surface area contributed by atoms with E-state index in [1.807, 2.05) is 11.0 Å². The number of hydrogen-bond acceptors (Lipinski definition) is 2. The number of carboxylic acids is 1. The summed E-state index contributed by atoms with van der Waals surface area (Å²) in [6, 6.07) is 10.5. The van der Waals surface area contributed by atoms with E-state index in [0.717, 1.165) is 25.8 Å². The van der Waals surface area contributed by atoms with Crippen LogP contribution in [0.15, 0.2) is 30.3 Å². The number of nitrogens with zero attached hydrogens (tertiary/aromatic N) is 1.